The van der Waals surface area contributed by atoms with E-state index in [-0.39, 0.29) is 35.6 Å². The second kappa shape index (κ2) is 8.03. The minimum Gasteiger partial charge on any atom is -0.484 e. The lowest BCUT2D eigenvalue weighted by Crippen LogP contribution is -2.51. The van der Waals surface area contributed by atoms with Crippen molar-refractivity contribution in [3.05, 3.63) is 46.0 Å². The van der Waals surface area contributed by atoms with Crippen molar-refractivity contribution in [3.63, 3.8) is 0 Å². The lowest BCUT2D eigenvalue weighted by atomic mass is 10.3. The Morgan fingerprint density at radius 2 is 1.77 bits per heavy atom. The second-order valence-corrected chi connectivity index (χ2v) is 10.2. The van der Waals surface area contributed by atoms with Crippen molar-refractivity contribution in [2.75, 3.05) is 32.8 Å². The summed E-state index contributed by atoms with van der Waals surface area (Å²) in [5.74, 6) is -0.201. The summed E-state index contributed by atoms with van der Waals surface area (Å²) in [4.78, 5) is 13.8. The van der Waals surface area contributed by atoms with Crippen molar-refractivity contribution < 1.29 is 22.3 Å². The summed E-state index contributed by atoms with van der Waals surface area (Å²) in [7, 11) is -3.53. The summed E-state index contributed by atoms with van der Waals surface area (Å²) < 4.78 is 45.8. The summed E-state index contributed by atoms with van der Waals surface area (Å²) in [5.41, 5.74) is 0. The van der Waals surface area contributed by atoms with E-state index in [9.17, 15) is 17.6 Å². The molecule has 0 atom stereocenters. The third-order valence-corrected chi connectivity index (χ3v) is 7.90. The van der Waals surface area contributed by atoms with Crippen LogP contribution in [0.5, 0.6) is 5.75 Å². The molecule has 1 amide bonds. The molecule has 3 rings (SSSR count). The van der Waals surface area contributed by atoms with Crippen LogP contribution in [0, 0.1) is 5.82 Å². The highest BCUT2D eigenvalue weighted by Crippen LogP contribution is 2.28. The highest BCUT2D eigenvalue weighted by Gasteiger charge is 2.31. The molecule has 6 nitrogen and oxygen atoms in total. The number of carbonyl (C=O) groups is 1. The summed E-state index contributed by atoms with van der Waals surface area (Å²) in [5, 5.41) is 0. The first-order valence-electron chi connectivity index (χ1n) is 7.78. The van der Waals surface area contributed by atoms with E-state index in [1.165, 1.54) is 28.6 Å². The molecule has 0 radical (unpaired) electrons. The van der Waals surface area contributed by atoms with Gasteiger partial charge in [-0.2, -0.15) is 4.31 Å². The van der Waals surface area contributed by atoms with Crippen molar-refractivity contribution in [1.29, 1.82) is 0 Å². The van der Waals surface area contributed by atoms with Gasteiger partial charge in [0.25, 0.3) is 15.9 Å². The van der Waals surface area contributed by atoms with Gasteiger partial charge in [-0.15, -0.1) is 11.3 Å². The zero-order chi connectivity index (χ0) is 18.7. The highest BCUT2D eigenvalue weighted by molar-refractivity contribution is 9.11. The number of hydrogen-bond donors (Lipinski definition) is 0. The average Bonchev–Trinajstić information content (AvgIpc) is 3.08. The van der Waals surface area contributed by atoms with Gasteiger partial charge in [0, 0.05) is 26.2 Å². The first kappa shape index (κ1) is 19.3. The van der Waals surface area contributed by atoms with Gasteiger partial charge in [0.05, 0.1) is 3.79 Å². The number of hydrogen-bond acceptors (Lipinski definition) is 5. The number of carbonyl (C=O) groups excluding carboxylic acids is 1. The second-order valence-electron chi connectivity index (χ2n) is 5.59. The largest absolute Gasteiger partial charge is 0.484 e. The molecular weight excluding hydrogens is 447 g/mol. The van der Waals surface area contributed by atoms with E-state index < -0.39 is 10.0 Å². The normalized spacial score (nSPS) is 15.8. The summed E-state index contributed by atoms with van der Waals surface area (Å²) in [6.45, 7) is 0.908. The third-order valence-electron chi connectivity index (χ3n) is 3.91. The van der Waals surface area contributed by atoms with Crippen LogP contribution in [0.25, 0.3) is 0 Å². The Morgan fingerprint density at radius 1 is 1.12 bits per heavy atom. The number of sulfonamides is 1. The van der Waals surface area contributed by atoms with Crippen molar-refractivity contribution in [2.45, 2.75) is 4.21 Å². The van der Waals surface area contributed by atoms with Crippen molar-refractivity contribution in [2.24, 2.45) is 0 Å². The molecule has 0 aliphatic carbocycles. The maximum Gasteiger partial charge on any atom is 0.260 e. The molecule has 1 aromatic carbocycles. The zero-order valence-corrected chi connectivity index (χ0v) is 16.8. The molecule has 2 heterocycles. The molecule has 2 aromatic rings. The molecule has 1 fully saturated rings. The molecule has 0 spiro atoms. The molecule has 1 aliphatic heterocycles. The Kier molecular flexibility index (Phi) is 5.96. The molecule has 1 aliphatic rings. The third kappa shape index (κ3) is 4.43. The van der Waals surface area contributed by atoms with E-state index in [2.05, 4.69) is 15.9 Å². The molecule has 0 N–H and O–H groups in total. The predicted molar refractivity (Wildman–Crippen MR) is 99.3 cm³/mol. The molecule has 0 bridgehead atoms. The van der Waals surface area contributed by atoms with Gasteiger partial charge in [0.2, 0.25) is 0 Å². The molecule has 0 unspecified atom stereocenters. The topological polar surface area (TPSA) is 66.9 Å². The predicted octanol–water partition coefficient (Wildman–Crippen LogP) is 2.56. The van der Waals surface area contributed by atoms with E-state index in [1.807, 2.05) is 0 Å². The summed E-state index contributed by atoms with van der Waals surface area (Å²) >= 11 is 4.43. The van der Waals surface area contributed by atoms with E-state index in [4.69, 9.17) is 4.74 Å². The number of piperazine rings is 1. The number of halogens is 2. The van der Waals surface area contributed by atoms with Gasteiger partial charge in [-0.1, -0.05) is 0 Å². The van der Waals surface area contributed by atoms with Gasteiger partial charge in [0.15, 0.2) is 6.61 Å². The van der Waals surface area contributed by atoms with Crippen LogP contribution >= 0.6 is 27.3 Å². The Hall–Kier alpha value is -1.49. The molecule has 26 heavy (non-hydrogen) atoms. The number of nitrogens with zero attached hydrogens (tertiary/aromatic N) is 2. The van der Waals surface area contributed by atoms with Crippen LogP contribution in [0.15, 0.2) is 44.4 Å². The van der Waals surface area contributed by atoms with Crippen LogP contribution in [-0.4, -0.2) is 56.3 Å². The van der Waals surface area contributed by atoms with Gasteiger partial charge < -0.3 is 9.64 Å². The first-order valence-corrected chi connectivity index (χ1v) is 10.8. The Morgan fingerprint density at radius 3 is 2.35 bits per heavy atom. The van der Waals surface area contributed by atoms with Crippen LogP contribution in [0.2, 0.25) is 0 Å². The Bertz CT molecular complexity index is 878. The fourth-order valence-corrected chi connectivity index (χ4v) is 6.10. The smallest absolute Gasteiger partial charge is 0.260 e. The zero-order valence-electron chi connectivity index (χ0n) is 13.6. The van der Waals surface area contributed by atoms with Crippen LogP contribution in [0.3, 0.4) is 0 Å². The lowest BCUT2D eigenvalue weighted by molar-refractivity contribution is -0.134. The molecule has 10 heteroatoms. The van der Waals surface area contributed by atoms with Gasteiger partial charge in [0.1, 0.15) is 15.8 Å². The summed E-state index contributed by atoms with van der Waals surface area (Å²) in [6, 6.07) is 8.68. The molecular formula is C16H16BrFN2O4S2. The van der Waals surface area contributed by atoms with E-state index in [0.29, 0.717) is 18.8 Å². The van der Waals surface area contributed by atoms with E-state index in [0.717, 1.165) is 15.1 Å². The highest BCUT2D eigenvalue weighted by atomic mass is 79.9. The molecule has 1 saturated heterocycles. The maximum atomic E-state index is 12.8. The standard InChI is InChI=1S/C16H16BrFN2O4S2/c17-14-5-6-16(25-14)26(22,23)20-9-7-19(8-10-20)15(21)11-24-13-3-1-12(18)2-4-13/h1-6H,7-11H2. The SMILES string of the molecule is O=C(COc1ccc(F)cc1)N1CCN(S(=O)(=O)c2ccc(Br)s2)CC1. The molecule has 0 saturated carbocycles. The fraction of sp³-hybridized carbons (Fsp3) is 0.312. The Labute approximate surface area is 163 Å². The van der Waals surface area contributed by atoms with Crippen LogP contribution < -0.4 is 4.74 Å². The monoisotopic (exact) mass is 462 g/mol. The Balaban J connectivity index is 1.53. The van der Waals surface area contributed by atoms with Crippen LogP contribution in [0.4, 0.5) is 4.39 Å². The number of rotatable bonds is 5. The summed E-state index contributed by atoms with van der Waals surface area (Å²) in [6.07, 6.45) is 0. The number of thiophene rings is 1. The quantitative estimate of drug-likeness (QED) is 0.684. The minimum atomic E-state index is -3.53. The van der Waals surface area contributed by atoms with Gasteiger partial charge in [-0.25, -0.2) is 12.8 Å². The molecule has 140 valence electrons. The fourth-order valence-electron chi connectivity index (χ4n) is 2.51. The van der Waals surface area contributed by atoms with E-state index in [1.54, 1.807) is 17.0 Å². The van der Waals surface area contributed by atoms with Crippen LogP contribution in [-0.2, 0) is 14.8 Å². The maximum absolute atomic E-state index is 12.8. The number of ether oxygens (including phenoxy) is 1. The van der Waals surface area contributed by atoms with Crippen LogP contribution in [0.1, 0.15) is 0 Å². The number of amides is 1. The van der Waals surface area contributed by atoms with Gasteiger partial charge in [-0.05, 0) is 52.3 Å². The first-order chi connectivity index (χ1) is 12.4. The van der Waals surface area contributed by atoms with Crippen molar-refractivity contribution in [1.82, 2.24) is 9.21 Å². The van der Waals surface area contributed by atoms with Crippen molar-refractivity contribution in [3.8, 4) is 5.75 Å². The minimum absolute atomic E-state index is 0.170. The number of benzene rings is 1. The average molecular weight is 463 g/mol. The molecule has 1 aromatic heterocycles. The van der Waals surface area contributed by atoms with Gasteiger partial charge >= 0.3 is 0 Å². The van der Waals surface area contributed by atoms with E-state index >= 15 is 0 Å². The van der Waals surface area contributed by atoms with Crippen molar-refractivity contribution >= 4 is 43.2 Å². The van der Waals surface area contributed by atoms with Gasteiger partial charge in [-0.3, -0.25) is 4.79 Å². The lowest BCUT2D eigenvalue weighted by Gasteiger charge is -2.33.